The van der Waals surface area contributed by atoms with Gasteiger partial charge in [-0.25, -0.2) is 13.6 Å². The van der Waals surface area contributed by atoms with Crippen LogP contribution in [0.5, 0.6) is 0 Å². The zero-order chi connectivity index (χ0) is 16.1. The molecule has 7 heteroatoms. The zero-order valence-electron chi connectivity index (χ0n) is 11.8. The Balaban J connectivity index is 1.86. The summed E-state index contributed by atoms with van der Waals surface area (Å²) in [5.74, 6) is -1.18. The summed E-state index contributed by atoms with van der Waals surface area (Å²) in [6.07, 6.45) is 0.820. The second kappa shape index (κ2) is 7.04. The van der Waals surface area contributed by atoms with Gasteiger partial charge in [-0.1, -0.05) is 0 Å². The van der Waals surface area contributed by atoms with Gasteiger partial charge in [0.15, 0.2) is 0 Å². The minimum absolute atomic E-state index is 0.127. The van der Waals surface area contributed by atoms with Gasteiger partial charge in [-0.3, -0.25) is 0 Å². The van der Waals surface area contributed by atoms with Gasteiger partial charge in [-0.05, 0) is 31.2 Å². The lowest BCUT2D eigenvalue weighted by molar-refractivity contribution is 0.130. The van der Waals surface area contributed by atoms with E-state index in [1.807, 2.05) is 0 Å². The van der Waals surface area contributed by atoms with Crippen molar-refractivity contribution in [3.63, 3.8) is 0 Å². The van der Waals surface area contributed by atoms with Crippen LogP contribution in [0.3, 0.4) is 0 Å². The summed E-state index contributed by atoms with van der Waals surface area (Å²) >= 11 is 0. The molecule has 0 fully saturated rings. The Kier molecular flexibility index (Phi) is 5.11. The Morgan fingerprint density at radius 3 is 2.77 bits per heavy atom. The summed E-state index contributed by atoms with van der Waals surface area (Å²) in [6, 6.07) is 5.11. The van der Waals surface area contributed by atoms with E-state index in [4.69, 9.17) is 4.42 Å². The predicted molar refractivity (Wildman–Crippen MR) is 76.3 cm³/mol. The second-order valence-electron chi connectivity index (χ2n) is 4.89. The average molecular weight is 310 g/mol. The molecule has 0 spiro atoms. The van der Waals surface area contributed by atoms with Crippen molar-refractivity contribution in [2.24, 2.45) is 0 Å². The van der Waals surface area contributed by atoms with Crippen LogP contribution in [0.1, 0.15) is 25.2 Å². The fourth-order valence-electron chi connectivity index (χ4n) is 1.96. The largest absolute Gasteiger partial charge is 0.467 e. The number of urea groups is 1. The molecule has 0 aliphatic rings. The van der Waals surface area contributed by atoms with E-state index in [9.17, 15) is 18.7 Å². The minimum atomic E-state index is -0.863. The van der Waals surface area contributed by atoms with Crippen molar-refractivity contribution in [3.8, 4) is 0 Å². The molecule has 2 rings (SSSR count). The first-order chi connectivity index (χ1) is 10.5. The first kappa shape index (κ1) is 16.0. The normalized spacial score (nSPS) is 13.5. The van der Waals surface area contributed by atoms with Crippen LogP contribution < -0.4 is 10.6 Å². The molecule has 0 saturated heterocycles. The highest BCUT2D eigenvalue weighted by atomic mass is 19.1. The van der Waals surface area contributed by atoms with Gasteiger partial charge in [0, 0.05) is 18.5 Å². The molecule has 22 heavy (non-hydrogen) atoms. The van der Waals surface area contributed by atoms with E-state index >= 15 is 0 Å². The quantitative estimate of drug-likeness (QED) is 0.794. The Morgan fingerprint density at radius 1 is 1.36 bits per heavy atom. The molecular formula is C15H16F2N2O3. The number of carbonyl (C=O) groups is 1. The number of furan rings is 1. The number of carbonyl (C=O) groups excluding carboxylic acids is 1. The fraction of sp³-hybridized carbons (Fsp3) is 0.267. The molecule has 2 atom stereocenters. The van der Waals surface area contributed by atoms with Gasteiger partial charge in [0.05, 0.1) is 12.0 Å². The standard InChI is InChI=1S/C15H16F2N2O3/c1-9(7-13(20)14-3-2-6-22-14)18-15(21)19-12-5-4-10(16)8-11(12)17/h2-6,8-9,13,20H,7H2,1H3,(H2,18,19,21). The number of halogens is 2. The van der Waals surface area contributed by atoms with Crippen molar-refractivity contribution in [1.29, 1.82) is 0 Å². The molecule has 1 heterocycles. The number of nitrogens with one attached hydrogen (secondary N) is 2. The molecule has 118 valence electrons. The lowest BCUT2D eigenvalue weighted by Crippen LogP contribution is -2.37. The molecule has 2 aromatic rings. The Labute approximate surface area is 125 Å². The summed E-state index contributed by atoms with van der Waals surface area (Å²) in [6.45, 7) is 1.69. The molecule has 2 amide bonds. The number of aliphatic hydroxyl groups is 1. The summed E-state index contributed by atoms with van der Waals surface area (Å²) in [7, 11) is 0. The maximum atomic E-state index is 13.4. The third kappa shape index (κ3) is 4.29. The molecule has 1 aromatic heterocycles. The number of hydrogen-bond acceptors (Lipinski definition) is 3. The van der Waals surface area contributed by atoms with Crippen LogP contribution in [0.4, 0.5) is 19.3 Å². The van der Waals surface area contributed by atoms with E-state index in [1.54, 1.807) is 19.1 Å². The van der Waals surface area contributed by atoms with E-state index in [0.29, 0.717) is 11.8 Å². The van der Waals surface area contributed by atoms with Gasteiger partial charge in [-0.2, -0.15) is 0 Å². The number of anilines is 1. The van der Waals surface area contributed by atoms with Gasteiger partial charge >= 0.3 is 6.03 Å². The van der Waals surface area contributed by atoms with E-state index in [1.165, 1.54) is 6.26 Å². The SMILES string of the molecule is CC(CC(O)c1ccco1)NC(=O)Nc1ccc(F)cc1F. The Bertz CT molecular complexity index is 632. The van der Waals surface area contributed by atoms with Crippen LogP contribution in [0.2, 0.25) is 0 Å². The molecule has 3 N–H and O–H groups in total. The lowest BCUT2D eigenvalue weighted by Gasteiger charge is -2.17. The third-order valence-electron chi connectivity index (χ3n) is 3.01. The fourth-order valence-corrected chi connectivity index (χ4v) is 1.96. The zero-order valence-corrected chi connectivity index (χ0v) is 11.8. The highest BCUT2D eigenvalue weighted by molar-refractivity contribution is 5.89. The molecule has 0 radical (unpaired) electrons. The molecule has 1 aromatic carbocycles. The summed E-state index contributed by atoms with van der Waals surface area (Å²) in [4.78, 5) is 11.7. The number of benzene rings is 1. The van der Waals surface area contributed by atoms with Crippen molar-refractivity contribution < 1.29 is 23.1 Å². The minimum Gasteiger partial charge on any atom is -0.467 e. The maximum absolute atomic E-state index is 13.4. The number of rotatable bonds is 5. The first-order valence-electron chi connectivity index (χ1n) is 6.69. The van der Waals surface area contributed by atoms with Gasteiger partial charge in [0.2, 0.25) is 0 Å². The Hall–Kier alpha value is -2.41. The van der Waals surface area contributed by atoms with Gasteiger partial charge in [-0.15, -0.1) is 0 Å². The van der Waals surface area contributed by atoms with Crippen molar-refractivity contribution in [1.82, 2.24) is 5.32 Å². The van der Waals surface area contributed by atoms with Crippen LogP contribution in [-0.2, 0) is 0 Å². The topological polar surface area (TPSA) is 74.5 Å². The number of hydrogen-bond donors (Lipinski definition) is 3. The van der Waals surface area contributed by atoms with Crippen LogP contribution in [0.25, 0.3) is 0 Å². The van der Waals surface area contributed by atoms with Crippen LogP contribution in [0, 0.1) is 11.6 Å². The van der Waals surface area contributed by atoms with Gasteiger partial charge in [0.25, 0.3) is 0 Å². The van der Waals surface area contributed by atoms with Gasteiger partial charge < -0.3 is 20.2 Å². The molecule has 0 bridgehead atoms. The van der Waals surface area contributed by atoms with Crippen LogP contribution >= 0.6 is 0 Å². The molecule has 2 unspecified atom stereocenters. The van der Waals surface area contributed by atoms with Crippen molar-refractivity contribution in [3.05, 3.63) is 54.0 Å². The van der Waals surface area contributed by atoms with E-state index in [-0.39, 0.29) is 18.2 Å². The van der Waals surface area contributed by atoms with Crippen molar-refractivity contribution in [2.75, 3.05) is 5.32 Å². The van der Waals surface area contributed by atoms with E-state index in [0.717, 1.165) is 12.1 Å². The molecule has 5 nitrogen and oxygen atoms in total. The smallest absolute Gasteiger partial charge is 0.319 e. The van der Waals surface area contributed by atoms with Crippen LogP contribution in [0.15, 0.2) is 41.0 Å². The molecular weight excluding hydrogens is 294 g/mol. The highest BCUT2D eigenvalue weighted by Crippen LogP contribution is 2.19. The highest BCUT2D eigenvalue weighted by Gasteiger charge is 2.17. The monoisotopic (exact) mass is 310 g/mol. The van der Waals surface area contributed by atoms with Crippen LogP contribution in [-0.4, -0.2) is 17.2 Å². The van der Waals surface area contributed by atoms with E-state index < -0.39 is 23.8 Å². The third-order valence-corrected chi connectivity index (χ3v) is 3.01. The van der Waals surface area contributed by atoms with Crippen molar-refractivity contribution >= 4 is 11.7 Å². The summed E-state index contributed by atoms with van der Waals surface area (Å²) in [5, 5.41) is 14.7. The number of amides is 2. The molecule has 0 aliphatic carbocycles. The lowest BCUT2D eigenvalue weighted by atomic mass is 10.1. The first-order valence-corrected chi connectivity index (χ1v) is 6.69. The maximum Gasteiger partial charge on any atom is 0.319 e. The van der Waals surface area contributed by atoms with Gasteiger partial charge in [0.1, 0.15) is 23.5 Å². The summed E-state index contributed by atoms with van der Waals surface area (Å²) < 4.78 is 31.2. The predicted octanol–water partition coefficient (Wildman–Crippen LogP) is 3.19. The van der Waals surface area contributed by atoms with Crippen molar-refractivity contribution in [2.45, 2.75) is 25.5 Å². The Morgan fingerprint density at radius 2 is 2.14 bits per heavy atom. The second-order valence-corrected chi connectivity index (χ2v) is 4.89. The molecule has 0 saturated carbocycles. The van der Waals surface area contributed by atoms with E-state index in [2.05, 4.69) is 10.6 Å². The average Bonchev–Trinajstić information content (AvgIpc) is 2.95. The number of aliphatic hydroxyl groups excluding tert-OH is 1. The summed E-state index contributed by atoms with van der Waals surface area (Å²) in [5.41, 5.74) is -0.127. The molecule has 0 aliphatic heterocycles.